The van der Waals surface area contributed by atoms with Gasteiger partial charge in [-0.15, -0.1) is 11.3 Å². The van der Waals surface area contributed by atoms with Crippen LogP contribution in [0.4, 0.5) is 5.69 Å². The molecule has 0 unspecified atom stereocenters. The predicted molar refractivity (Wildman–Crippen MR) is 57.2 cm³/mol. The van der Waals surface area contributed by atoms with E-state index in [1.54, 1.807) is 17.5 Å². The number of aromatic nitrogens is 1. The number of amides is 1. The Morgan fingerprint density at radius 1 is 1.29 bits per heavy atom. The Morgan fingerprint density at radius 2 is 2.07 bits per heavy atom. The lowest BCUT2D eigenvalue weighted by Gasteiger charge is -1.99. The Labute approximate surface area is 85.4 Å². The van der Waals surface area contributed by atoms with Crippen LogP contribution in [0.15, 0.2) is 35.8 Å². The normalized spacial score (nSPS) is 9.71. The third kappa shape index (κ3) is 1.80. The molecule has 0 fully saturated rings. The van der Waals surface area contributed by atoms with E-state index >= 15 is 0 Å². The summed E-state index contributed by atoms with van der Waals surface area (Å²) in [5.74, 6) is 0. The summed E-state index contributed by atoms with van der Waals surface area (Å²) in [5, 5.41) is 5.51. The Bertz CT molecular complexity index is 408. The van der Waals surface area contributed by atoms with Gasteiger partial charge in [-0.05, 0) is 24.3 Å². The van der Waals surface area contributed by atoms with E-state index in [1.165, 1.54) is 0 Å². The quantitative estimate of drug-likeness (QED) is 0.780. The molecule has 0 saturated heterocycles. The van der Waals surface area contributed by atoms with Gasteiger partial charge in [-0.2, -0.15) is 0 Å². The van der Waals surface area contributed by atoms with Crippen molar-refractivity contribution in [3.8, 4) is 10.6 Å². The number of thiazole rings is 1. The van der Waals surface area contributed by atoms with Gasteiger partial charge >= 0.3 is 0 Å². The van der Waals surface area contributed by atoms with E-state index in [9.17, 15) is 4.79 Å². The van der Waals surface area contributed by atoms with Crippen LogP contribution in [0.1, 0.15) is 0 Å². The summed E-state index contributed by atoms with van der Waals surface area (Å²) in [5.41, 5.74) is 1.86. The molecule has 1 aromatic carbocycles. The molecular formula is C10H8N2OS. The fourth-order valence-electron chi connectivity index (χ4n) is 1.14. The highest BCUT2D eigenvalue weighted by atomic mass is 32.1. The Kier molecular flexibility index (Phi) is 2.55. The number of anilines is 1. The highest BCUT2D eigenvalue weighted by Gasteiger charge is 1.99. The minimum atomic E-state index is 0.665. The van der Waals surface area contributed by atoms with Gasteiger partial charge in [0.1, 0.15) is 5.01 Å². The van der Waals surface area contributed by atoms with Crippen molar-refractivity contribution in [3.63, 3.8) is 0 Å². The molecule has 3 nitrogen and oxygen atoms in total. The molecule has 2 aromatic rings. The SMILES string of the molecule is O=CNc1ccc(-c2nccs2)cc1. The van der Waals surface area contributed by atoms with Crippen LogP contribution in [0, 0.1) is 0 Å². The Hall–Kier alpha value is -1.68. The molecule has 0 radical (unpaired) electrons. The highest BCUT2D eigenvalue weighted by molar-refractivity contribution is 7.13. The number of benzene rings is 1. The lowest BCUT2D eigenvalue weighted by atomic mass is 10.2. The average Bonchev–Trinajstić information content (AvgIpc) is 2.72. The van der Waals surface area contributed by atoms with E-state index in [0.29, 0.717) is 6.41 Å². The van der Waals surface area contributed by atoms with E-state index in [1.807, 2.05) is 29.6 Å². The second-order valence-corrected chi connectivity index (χ2v) is 3.57. The topological polar surface area (TPSA) is 42.0 Å². The molecule has 1 N–H and O–H groups in total. The number of hydrogen-bond acceptors (Lipinski definition) is 3. The van der Waals surface area contributed by atoms with Crippen molar-refractivity contribution >= 4 is 23.4 Å². The molecule has 4 heteroatoms. The molecule has 0 aliphatic rings. The zero-order chi connectivity index (χ0) is 9.80. The fraction of sp³-hybridized carbons (Fsp3) is 0. The molecular weight excluding hydrogens is 196 g/mol. The van der Waals surface area contributed by atoms with E-state index < -0.39 is 0 Å². The maximum atomic E-state index is 10.2. The van der Waals surface area contributed by atoms with Crippen molar-refractivity contribution in [1.29, 1.82) is 0 Å². The second-order valence-electron chi connectivity index (χ2n) is 2.68. The summed E-state index contributed by atoms with van der Waals surface area (Å²) in [4.78, 5) is 14.4. The smallest absolute Gasteiger partial charge is 0.211 e. The van der Waals surface area contributed by atoms with Gasteiger partial charge in [-0.3, -0.25) is 4.79 Å². The number of rotatable bonds is 3. The van der Waals surface area contributed by atoms with E-state index in [0.717, 1.165) is 16.3 Å². The van der Waals surface area contributed by atoms with Gasteiger partial charge in [0.15, 0.2) is 0 Å². The average molecular weight is 204 g/mol. The molecule has 0 atom stereocenters. The van der Waals surface area contributed by atoms with Crippen molar-refractivity contribution in [2.75, 3.05) is 5.32 Å². The van der Waals surface area contributed by atoms with Gasteiger partial charge in [0.2, 0.25) is 6.41 Å². The Morgan fingerprint density at radius 3 is 2.64 bits per heavy atom. The molecule has 0 aliphatic heterocycles. The lowest BCUT2D eigenvalue weighted by molar-refractivity contribution is -0.105. The van der Waals surface area contributed by atoms with Crippen LogP contribution in [0.3, 0.4) is 0 Å². The van der Waals surface area contributed by atoms with Crippen LogP contribution < -0.4 is 5.32 Å². The molecule has 1 heterocycles. The maximum absolute atomic E-state index is 10.2. The van der Waals surface area contributed by atoms with Gasteiger partial charge in [0.05, 0.1) is 0 Å². The van der Waals surface area contributed by atoms with Gasteiger partial charge in [-0.25, -0.2) is 4.98 Å². The summed E-state index contributed by atoms with van der Waals surface area (Å²) in [6.45, 7) is 0. The monoisotopic (exact) mass is 204 g/mol. The molecule has 0 saturated carbocycles. The molecule has 70 valence electrons. The summed E-state index contributed by atoms with van der Waals surface area (Å²) in [6, 6.07) is 7.57. The third-order valence-corrected chi connectivity index (χ3v) is 2.61. The first-order valence-corrected chi connectivity index (χ1v) is 4.98. The summed E-state index contributed by atoms with van der Waals surface area (Å²) < 4.78 is 0. The molecule has 0 spiro atoms. The minimum Gasteiger partial charge on any atom is -0.329 e. The zero-order valence-electron chi connectivity index (χ0n) is 7.31. The summed E-state index contributed by atoms with van der Waals surface area (Å²) in [6.07, 6.45) is 2.44. The fourth-order valence-corrected chi connectivity index (χ4v) is 1.79. The van der Waals surface area contributed by atoms with Crippen LogP contribution in [-0.4, -0.2) is 11.4 Å². The van der Waals surface area contributed by atoms with Crippen molar-refractivity contribution in [2.45, 2.75) is 0 Å². The van der Waals surface area contributed by atoms with Crippen LogP contribution >= 0.6 is 11.3 Å². The van der Waals surface area contributed by atoms with Gasteiger partial charge < -0.3 is 5.32 Å². The minimum absolute atomic E-state index is 0.665. The van der Waals surface area contributed by atoms with Crippen molar-refractivity contribution < 1.29 is 4.79 Å². The summed E-state index contributed by atoms with van der Waals surface area (Å²) in [7, 11) is 0. The Balaban J connectivity index is 2.26. The van der Waals surface area contributed by atoms with Crippen LogP contribution in [0.5, 0.6) is 0 Å². The van der Waals surface area contributed by atoms with E-state index in [4.69, 9.17) is 0 Å². The van der Waals surface area contributed by atoms with Gasteiger partial charge in [-0.1, -0.05) is 0 Å². The van der Waals surface area contributed by atoms with Crippen LogP contribution in [0.2, 0.25) is 0 Å². The number of nitrogens with one attached hydrogen (secondary N) is 1. The largest absolute Gasteiger partial charge is 0.329 e. The number of hydrogen-bond donors (Lipinski definition) is 1. The third-order valence-electron chi connectivity index (χ3n) is 1.79. The molecule has 0 aliphatic carbocycles. The predicted octanol–water partition coefficient (Wildman–Crippen LogP) is 2.38. The molecule has 1 aromatic heterocycles. The maximum Gasteiger partial charge on any atom is 0.211 e. The van der Waals surface area contributed by atoms with Crippen molar-refractivity contribution in [2.24, 2.45) is 0 Å². The van der Waals surface area contributed by atoms with Gasteiger partial charge in [0, 0.05) is 22.8 Å². The first kappa shape index (κ1) is 8.90. The number of carbonyl (C=O) groups is 1. The molecule has 0 bridgehead atoms. The van der Waals surface area contributed by atoms with E-state index in [-0.39, 0.29) is 0 Å². The van der Waals surface area contributed by atoms with Crippen molar-refractivity contribution in [3.05, 3.63) is 35.8 Å². The molecule has 1 amide bonds. The first-order valence-electron chi connectivity index (χ1n) is 4.10. The zero-order valence-corrected chi connectivity index (χ0v) is 8.12. The lowest BCUT2D eigenvalue weighted by Crippen LogP contribution is -1.92. The standard InChI is InChI=1S/C10H8N2OS/c13-7-12-9-3-1-8(2-4-9)10-11-5-6-14-10/h1-7H,(H,12,13). The van der Waals surface area contributed by atoms with Gasteiger partial charge in [0.25, 0.3) is 0 Å². The highest BCUT2D eigenvalue weighted by Crippen LogP contribution is 2.22. The molecule has 14 heavy (non-hydrogen) atoms. The van der Waals surface area contributed by atoms with E-state index in [2.05, 4.69) is 10.3 Å². The summed E-state index contributed by atoms with van der Waals surface area (Å²) >= 11 is 1.59. The number of nitrogens with zero attached hydrogens (tertiary/aromatic N) is 1. The number of carbonyl (C=O) groups excluding carboxylic acids is 1. The van der Waals surface area contributed by atoms with Crippen LogP contribution in [-0.2, 0) is 4.79 Å². The second kappa shape index (κ2) is 4.02. The molecule has 2 rings (SSSR count). The first-order chi connectivity index (χ1) is 6.90. The van der Waals surface area contributed by atoms with Crippen molar-refractivity contribution in [1.82, 2.24) is 4.98 Å². The van der Waals surface area contributed by atoms with Crippen LogP contribution in [0.25, 0.3) is 10.6 Å².